The first-order chi connectivity index (χ1) is 19.2. The Morgan fingerprint density at radius 1 is 0.359 bits per heavy atom. The van der Waals surface area contributed by atoms with Crippen LogP contribution in [-0.4, -0.2) is 38.4 Å². The number of carbonyl (C=O) groups is 2. The van der Waals surface area contributed by atoms with Gasteiger partial charge in [0.25, 0.3) is 0 Å². The Morgan fingerprint density at radius 3 is 0.846 bits per heavy atom. The first-order valence-corrected chi connectivity index (χ1v) is 17.1. The molecule has 0 heterocycles. The highest BCUT2D eigenvalue weighted by molar-refractivity contribution is 5.73. The van der Waals surface area contributed by atoms with Gasteiger partial charge in [0.15, 0.2) is 0 Å². The van der Waals surface area contributed by atoms with Gasteiger partial charge in [-0.1, -0.05) is 168 Å². The van der Waals surface area contributed by atoms with Crippen molar-refractivity contribution >= 4 is 11.9 Å². The largest absolute Gasteiger partial charge is 0.464 e. The number of hydrogen-bond acceptors (Lipinski definition) is 5. The lowest BCUT2D eigenvalue weighted by Gasteiger charge is -2.07. The molecule has 0 atom stereocenters. The summed E-state index contributed by atoms with van der Waals surface area (Å²) in [6.45, 7) is 5.02. The molecule has 0 aromatic carbocycles. The van der Waals surface area contributed by atoms with Crippen molar-refractivity contribution in [1.82, 2.24) is 0 Å². The van der Waals surface area contributed by atoms with E-state index in [4.69, 9.17) is 14.2 Å². The summed E-state index contributed by atoms with van der Waals surface area (Å²) < 4.78 is 15.5. The zero-order valence-electron chi connectivity index (χ0n) is 26.3. The van der Waals surface area contributed by atoms with E-state index in [-0.39, 0.29) is 13.2 Å². The number of rotatable bonds is 32. The fraction of sp³-hybridized carbons (Fsp3) is 0.941. The van der Waals surface area contributed by atoms with Gasteiger partial charge in [-0.25, -0.2) is 9.59 Å². The predicted octanol–water partition coefficient (Wildman–Crippen LogP) is 10.3. The van der Waals surface area contributed by atoms with E-state index < -0.39 is 11.9 Å². The highest BCUT2D eigenvalue weighted by atomic mass is 16.6. The monoisotopic (exact) mass is 554 g/mol. The Labute approximate surface area is 242 Å². The van der Waals surface area contributed by atoms with Crippen LogP contribution in [0.1, 0.15) is 181 Å². The van der Waals surface area contributed by atoms with Gasteiger partial charge in [0.2, 0.25) is 0 Å². The minimum Gasteiger partial charge on any atom is -0.464 e. The fourth-order valence-corrected chi connectivity index (χ4v) is 4.91. The van der Waals surface area contributed by atoms with Crippen LogP contribution in [0.15, 0.2) is 0 Å². The van der Waals surface area contributed by atoms with E-state index in [0.29, 0.717) is 13.2 Å². The molecule has 0 bridgehead atoms. The van der Waals surface area contributed by atoms with Crippen LogP contribution in [0.25, 0.3) is 0 Å². The predicted molar refractivity (Wildman–Crippen MR) is 164 cm³/mol. The molecule has 0 rings (SSSR count). The van der Waals surface area contributed by atoms with E-state index in [2.05, 4.69) is 13.8 Å². The second kappa shape index (κ2) is 33.1. The molecule has 0 aliphatic carbocycles. The summed E-state index contributed by atoms with van der Waals surface area (Å²) in [4.78, 5) is 23.5. The zero-order chi connectivity index (χ0) is 28.5. The number of hydrogen-bond donors (Lipinski definition) is 0. The van der Waals surface area contributed by atoms with Crippen LogP contribution in [0, 0.1) is 0 Å². The Hall–Kier alpha value is -1.10. The maximum Gasteiger partial charge on any atom is 0.332 e. The van der Waals surface area contributed by atoms with Gasteiger partial charge in [0, 0.05) is 0 Å². The number of unbranched alkanes of at least 4 members (excludes halogenated alkanes) is 24. The van der Waals surface area contributed by atoms with E-state index in [0.717, 1.165) is 25.7 Å². The van der Waals surface area contributed by atoms with Gasteiger partial charge in [-0.05, 0) is 12.8 Å². The SMILES string of the molecule is CCCCCCCCCCCCCCCOC(=O)COCC(=O)OCCCCCCCCCCCCCCC. The molecule has 0 amide bonds. The van der Waals surface area contributed by atoms with Crippen LogP contribution in [0.4, 0.5) is 0 Å². The molecular formula is C34H66O5. The van der Waals surface area contributed by atoms with Crippen molar-refractivity contribution in [1.29, 1.82) is 0 Å². The van der Waals surface area contributed by atoms with Crippen LogP contribution in [0.5, 0.6) is 0 Å². The van der Waals surface area contributed by atoms with Gasteiger partial charge < -0.3 is 14.2 Å². The summed E-state index contributed by atoms with van der Waals surface area (Å²) in [5.41, 5.74) is 0. The van der Waals surface area contributed by atoms with E-state index in [1.807, 2.05) is 0 Å². The van der Waals surface area contributed by atoms with Crippen molar-refractivity contribution < 1.29 is 23.8 Å². The quantitative estimate of drug-likeness (QED) is 0.0611. The Bertz CT molecular complexity index is 464. The van der Waals surface area contributed by atoms with Crippen molar-refractivity contribution in [2.45, 2.75) is 181 Å². The molecule has 5 heteroatoms. The molecule has 0 fully saturated rings. The Balaban J connectivity index is 3.27. The highest BCUT2D eigenvalue weighted by Crippen LogP contribution is 2.13. The molecule has 0 saturated heterocycles. The van der Waals surface area contributed by atoms with Gasteiger partial charge in [0.1, 0.15) is 13.2 Å². The van der Waals surface area contributed by atoms with E-state index >= 15 is 0 Å². The summed E-state index contributed by atoms with van der Waals surface area (Å²) in [6, 6.07) is 0. The van der Waals surface area contributed by atoms with Crippen molar-refractivity contribution in [3.05, 3.63) is 0 Å². The molecule has 0 aromatic rings. The third-order valence-electron chi connectivity index (χ3n) is 7.46. The highest BCUT2D eigenvalue weighted by Gasteiger charge is 2.07. The van der Waals surface area contributed by atoms with Gasteiger partial charge >= 0.3 is 11.9 Å². The summed E-state index contributed by atoms with van der Waals surface area (Å²) in [7, 11) is 0. The average molecular weight is 555 g/mol. The van der Waals surface area contributed by atoms with Crippen molar-refractivity contribution in [2.75, 3.05) is 26.4 Å². The molecule has 0 saturated carbocycles. The van der Waals surface area contributed by atoms with E-state index in [1.54, 1.807) is 0 Å². The molecular weight excluding hydrogens is 488 g/mol. The molecule has 0 aliphatic rings. The normalized spacial score (nSPS) is 11.1. The van der Waals surface area contributed by atoms with Gasteiger partial charge in [-0.3, -0.25) is 0 Å². The van der Waals surface area contributed by atoms with E-state index in [9.17, 15) is 9.59 Å². The maximum atomic E-state index is 11.7. The Morgan fingerprint density at radius 2 is 0.590 bits per heavy atom. The van der Waals surface area contributed by atoms with Gasteiger partial charge in [-0.2, -0.15) is 0 Å². The molecule has 5 nitrogen and oxygen atoms in total. The minimum absolute atomic E-state index is 0.188. The van der Waals surface area contributed by atoms with Crippen LogP contribution in [0.2, 0.25) is 0 Å². The third-order valence-corrected chi connectivity index (χ3v) is 7.46. The molecule has 0 N–H and O–H groups in total. The third kappa shape index (κ3) is 33.0. The number of esters is 2. The lowest BCUT2D eigenvalue weighted by molar-refractivity contribution is -0.155. The molecule has 0 spiro atoms. The topological polar surface area (TPSA) is 61.8 Å². The lowest BCUT2D eigenvalue weighted by atomic mass is 10.0. The van der Waals surface area contributed by atoms with Gasteiger partial charge in [0.05, 0.1) is 13.2 Å². The number of carbonyl (C=O) groups excluding carboxylic acids is 2. The molecule has 0 aromatic heterocycles. The summed E-state index contributed by atoms with van der Waals surface area (Å²) in [5.74, 6) is -0.809. The minimum atomic E-state index is -0.404. The molecule has 0 unspecified atom stereocenters. The van der Waals surface area contributed by atoms with Crippen LogP contribution in [0.3, 0.4) is 0 Å². The molecule has 0 radical (unpaired) electrons. The zero-order valence-corrected chi connectivity index (χ0v) is 26.3. The standard InChI is InChI=1S/C34H66O5/c1-3-5-7-9-11-13-15-17-19-21-23-25-27-29-38-33(35)31-37-32-34(36)39-30-28-26-24-22-20-18-16-14-12-10-8-6-4-2/h3-32H2,1-2H3. The average Bonchev–Trinajstić information content (AvgIpc) is 2.93. The fourth-order valence-electron chi connectivity index (χ4n) is 4.91. The molecule has 39 heavy (non-hydrogen) atoms. The van der Waals surface area contributed by atoms with E-state index in [1.165, 1.54) is 141 Å². The molecule has 0 aliphatic heterocycles. The van der Waals surface area contributed by atoms with Crippen molar-refractivity contribution in [2.24, 2.45) is 0 Å². The number of ether oxygens (including phenoxy) is 3. The maximum absolute atomic E-state index is 11.7. The summed E-state index contributed by atoms with van der Waals surface area (Å²) in [5, 5.41) is 0. The van der Waals surface area contributed by atoms with Crippen molar-refractivity contribution in [3.8, 4) is 0 Å². The van der Waals surface area contributed by atoms with Crippen LogP contribution in [-0.2, 0) is 23.8 Å². The smallest absolute Gasteiger partial charge is 0.332 e. The van der Waals surface area contributed by atoms with Crippen LogP contribution >= 0.6 is 0 Å². The first-order valence-electron chi connectivity index (χ1n) is 17.1. The van der Waals surface area contributed by atoms with Crippen LogP contribution < -0.4 is 0 Å². The second-order valence-electron chi connectivity index (χ2n) is 11.4. The summed E-state index contributed by atoms with van der Waals surface area (Å²) in [6.07, 6.45) is 33.6. The van der Waals surface area contributed by atoms with Gasteiger partial charge in [-0.15, -0.1) is 0 Å². The Kier molecular flexibility index (Phi) is 32.2. The van der Waals surface area contributed by atoms with Crippen molar-refractivity contribution in [3.63, 3.8) is 0 Å². The summed E-state index contributed by atoms with van der Waals surface area (Å²) >= 11 is 0. The lowest BCUT2D eigenvalue weighted by Crippen LogP contribution is -2.19. The first kappa shape index (κ1) is 37.9. The second-order valence-corrected chi connectivity index (χ2v) is 11.4. The molecule has 232 valence electrons.